The number of ether oxygens (including phenoxy) is 1. The number of hydrogen-bond acceptors (Lipinski definition) is 7. The monoisotopic (exact) mass is 594 g/mol. The van der Waals surface area contributed by atoms with E-state index in [-0.39, 0.29) is 46.3 Å². The number of allylic oxidation sites excluding steroid dienone is 1. The Hall–Kier alpha value is -3.79. The van der Waals surface area contributed by atoms with Crippen molar-refractivity contribution < 1.29 is 16.7 Å². The minimum atomic E-state index is -1.83. The molecule has 11 heteroatoms. The Morgan fingerprint density at radius 2 is 2.10 bits per heavy atom. The molecule has 0 spiro atoms. The summed E-state index contributed by atoms with van der Waals surface area (Å²) in [5, 5.41) is 6.26. The van der Waals surface area contributed by atoms with Crippen LogP contribution < -0.4 is 20.9 Å². The molecule has 3 aliphatic rings. The van der Waals surface area contributed by atoms with Crippen molar-refractivity contribution in [3.05, 3.63) is 92.0 Å². The van der Waals surface area contributed by atoms with Crippen molar-refractivity contribution in [2.75, 3.05) is 0 Å². The number of nitrogens with one attached hydrogen (secondary N) is 2. The third-order valence-corrected chi connectivity index (χ3v) is 8.41. The largest absolute Gasteiger partial charge is 0.482 e. The Labute approximate surface area is 251 Å². The first-order valence-corrected chi connectivity index (χ1v) is 14.6. The van der Waals surface area contributed by atoms with E-state index in [0.29, 0.717) is 24.4 Å². The number of pyridine rings is 2. The molecule has 1 aliphatic carbocycles. The van der Waals surface area contributed by atoms with E-state index in [4.69, 9.17) is 24.1 Å². The van der Waals surface area contributed by atoms with Gasteiger partial charge in [-0.25, -0.2) is 14.4 Å². The molecule has 6 rings (SSSR count). The second-order valence-electron chi connectivity index (χ2n) is 11.6. The lowest BCUT2D eigenvalue weighted by Gasteiger charge is -2.35. The highest BCUT2D eigenvalue weighted by Crippen LogP contribution is 2.40. The normalized spacial score (nSPS) is 23.5. The molecule has 42 heavy (non-hydrogen) atoms. The molecule has 5 heterocycles. The molecule has 9 nitrogen and oxygen atoms in total. The van der Waals surface area contributed by atoms with Gasteiger partial charge < -0.3 is 19.9 Å². The first kappa shape index (κ1) is 25.9. The molecule has 2 unspecified atom stereocenters. The van der Waals surface area contributed by atoms with E-state index in [1.54, 1.807) is 16.8 Å². The van der Waals surface area contributed by atoms with Gasteiger partial charge in [0.2, 0.25) is 5.91 Å². The summed E-state index contributed by atoms with van der Waals surface area (Å²) in [6.45, 7) is 5.14. The van der Waals surface area contributed by atoms with Crippen LogP contribution in [0.4, 0.5) is 4.39 Å². The number of fused-ring (bicyclic) bond motifs is 4. The highest BCUT2D eigenvalue weighted by Gasteiger charge is 2.34. The van der Waals surface area contributed by atoms with Crippen LogP contribution in [0.5, 0.6) is 5.75 Å². The SMILES string of the molecule is [2H]C1([2H])CC(Oc2cc3n(c(=O)c2Cl)C2C[C@H](c4ccnc(C(C)(C)NC(C)=O)n4)NC=C2CCCC3)c2ncc(F)cc21. The van der Waals surface area contributed by atoms with Crippen LogP contribution >= 0.6 is 11.6 Å². The molecular weight excluding hydrogens is 559 g/mol. The van der Waals surface area contributed by atoms with Crippen molar-refractivity contribution in [2.45, 2.75) is 89.4 Å². The van der Waals surface area contributed by atoms with E-state index in [2.05, 4.69) is 20.6 Å². The molecule has 0 saturated heterocycles. The van der Waals surface area contributed by atoms with Gasteiger partial charge in [-0.1, -0.05) is 11.6 Å². The molecule has 0 saturated carbocycles. The van der Waals surface area contributed by atoms with Gasteiger partial charge in [-0.15, -0.1) is 0 Å². The molecule has 2 N–H and O–H groups in total. The zero-order valence-corrected chi connectivity index (χ0v) is 24.5. The number of hydrogen-bond donors (Lipinski definition) is 2. The number of carbonyl (C=O) groups is 1. The molecule has 0 fully saturated rings. The topological polar surface area (TPSA) is 111 Å². The van der Waals surface area contributed by atoms with Crippen molar-refractivity contribution in [3.8, 4) is 5.75 Å². The fourth-order valence-electron chi connectivity index (χ4n) is 6.11. The summed E-state index contributed by atoms with van der Waals surface area (Å²) in [5.74, 6) is -0.152. The summed E-state index contributed by atoms with van der Waals surface area (Å²) >= 11 is 6.70. The predicted molar refractivity (Wildman–Crippen MR) is 156 cm³/mol. The minimum Gasteiger partial charge on any atom is -0.482 e. The molecule has 3 aromatic rings. The maximum Gasteiger partial charge on any atom is 0.273 e. The fourth-order valence-corrected chi connectivity index (χ4v) is 6.30. The van der Waals surface area contributed by atoms with Crippen molar-refractivity contribution >= 4 is 17.5 Å². The summed E-state index contributed by atoms with van der Waals surface area (Å²) in [6, 6.07) is 4.25. The van der Waals surface area contributed by atoms with Gasteiger partial charge in [-0.2, -0.15) is 0 Å². The smallest absolute Gasteiger partial charge is 0.273 e. The lowest BCUT2D eigenvalue weighted by molar-refractivity contribution is -0.120. The molecular formula is C31H34ClFN6O3. The van der Waals surface area contributed by atoms with Gasteiger partial charge in [0.05, 0.1) is 35.2 Å². The van der Waals surface area contributed by atoms with Crippen LogP contribution in [0.25, 0.3) is 0 Å². The predicted octanol–water partition coefficient (Wildman–Crippen LogP) is 5.15. The zero-order chi connectivity index (χ0) is 31.4. The second kappa shape index (κ2) is 11.1. The number of rotatable bonds is 5. The number of aryl methyl sites for hydroxylation is 2. The molecule has 2 aliphatic heterocycles. The quantitative estimate of drug-likeness (QED) is 0.420. The summed E-state index contributed by atoms with van der Waals surface area (Å²) in [5.41, 5.74) is 1.89. The van der Waals surface area contributed by atoms with Gasteiger partial charge in [-0.05, 0) is 88.2 Å². The zero-order valence-electron chi connectivity index (χ0n) is 25.7. The third kappa shape index (κ3) is 5.40. The van der Waals surface area contributed by atoms with Crippen LogP contribution in [0, 0.1) is 5.82 Å². The summed E-state index contributed by atoms with van der Waals surface area (Å²) in [7, 11) is 0. The highest BCUT2D eigenvalue weighted by atomic mass is 35.5. The molecule has 1 amide bonds. The number of amides is 1. The van der Waals surface area contributed by atoms with Gasteiger partial charge in [0.25, 0.3) is 5.56 Å². The molecule has 0 bridgehead atoms. The number of carbonyl (C=O) groups excluding carboxylic acids is 1. The molecule has 0 aromatic carbocycles. The van der Waals surface area contributed by atoms with Gasteiger partial charge in [0.15, 0.2) is 5.82 Å². The lowest BCUT2D eigenvalue weighted by Crippen LogP contribution is -2.41. The molecule has 3 atom stereocenters. The maximum atomic E-state index is 14.0. The van der Waals surface area contributed by atoms with Crippen LogP contribution in [0.2, 0.25) is 5.02 Å². The average Bonchev–Trinajstić information content (AvgIpc) is 3.20. The first-order valence-electron chi connectivity index (χ1n) is 15.2. The molecule has 220 valence electrons. The van der Waals surface area contributed by atoms with E-state index in [1.807, 2.05) is 26.1 Å². The van der Waals surface area contributed by atoms with Crippen molar-refractivity contribution in [1.29, 1.82) is 0 Å². The van der Waals surface area contributed by atoms with Gasteiger partial charge >= 0.3 is 0 Å². The van der Waals surface area contributed by atoms with Crippen LogP contribution in [0.3, 0.4) is 0 Å². The number of aromatic nitrogens is 4. The number of halogens is 2. The Morgan fingerprint density at radius 1 is 1.29 bits per heavy atom. The Balaban J connectivity index is 1.33. The van der Waals surface area contributed by atoms with Crippen LogP contribution in [0.15, 0.2) is 47.2 Å². The van der Waals surface area contributed by atoms with Gasteiger partial charge in [0, 0.05) is 27.6 Å². The van der Waals surface area contributed by atoms with E-state index in [9.17, 15) is 14.0 Å². The maximum absolute atomic E-state index is 14.0. The molecule has 0 radical (unpaired) electrons. The van der Waals surface area contributed by atoms with Gasteiger partial charge in [0.1, 0.15) is 22.7 Å². The van der Waals surface area contributed by atoms with E-state index < -0.39 is 23.8 Å². The average molecular weight is 595 g/mol. The van der Waals surface area contributed by atoms with Crippen molar-refractivity contribution in [1.82, 2.24) is 30.2 Å². The van der Waals surface area contributed by atoms with Crippen LogP contribution in [0.1, 0.15) is 102 Å². The Morgan fingerprint density at radius 3 is 2.90 bits per heavy atom. The standard InChI is InChI=1S/C31H34ClFN6O3/c1-17(40)38-31(2,3)30-34-11-10-22(37-30)23-14-24-19(15-35-23)6-4-5-7-21-13-26(27(32)29(41)39(21)24)42-25-9-8-18-12-20(33)16-36-28(18)25/h10-13,15-16,23-25,35H,4-9,14H2,1-3H3,(H,38,40)/t23-,24?,25?/m1/s1/i8D2. The lowest BCUT2D eigenvalue weighted by atomic mass is 9.88. The van der Waals surface area contributed by atoms with Gasteiger partial charge in [-0.3, -0.25) is 14.6 Å². The van der Waals surface area contributed by atoms with Crippen molar-refractivity contribution in [3.63, 3.8) is 0 Å². The minimum absolute atomic E-state index is 0.0734. The van der Waals surface area contributed by atoms with Crippen LogP contribution in [-0.2, 0) is 23.1 Å². The summed E-state index contributed by atoms with van der Waals surface area (Å²) in [6.07, 6.45) is 5.77. The Kier molecular flexibility index (Phi) is 6.86. The first-order chi connectivity index (χ1) is 20.8. The van der Waals surface area contributed by atoms with E-state index >= 15 is 0 Å². The highest BCUT2D eigenvalue weighted by molar-refractivity contribution is 6.31. The van der Waals surface area contributed by atoms with E-state index in [1.165, 1.54) is 6.92 Å². The van der Waals surface area contributed by atoms with Crippen molar-refractivity contribution in [2.24, 2.45) is 0 Å². The van der Waals surface area contributed by atoms with Crippen LogP contribution in [-0.4, -0.2) is 25.4 Å². The Bertz CT molecular complexity index is 1730. The molecule has 3 aromatic heterocycles. The van der Waals surface area contributed by atoms with E-state index in [0.717, 1.165) is 48.5 Å². The second-order valence-corrected chi connectivity index (χ2v) is 11.9. The summed E-state index contributed by atoms with van der Waals surface area (Å²) < 4.78 is 38.5. The number of nitrogens with zero attached hydrogens (tertiary/aromatic N) is 4. The fraction of sp³-hybridized carbons (Fsp3) is 0.452. The summed E-state index contributed by atoms with van der Waals surface area (Å²) in [4.78, 5) is 39.0. The third-order valence-electron chi connectivity index (χ3n) is 8.07.